The SMILES string of the molecule is Cc1ccc(-c2nc(CC(=O)N[C@@H]3CCN(C(=O)COc4ccccc4)C3)cs2)o1. The molecule has 0 bridgehead atoms. The number of furan rings is 1. The van der Waals surface area contributed by atoms with Crippen LogP contribution in [0, 0.1) is 6.92 Å². The molecule has 2 amide bonds. The Kier molecular flexibility index (Phi) is 6.13. The van der Waals surface area contributed by atoms with Gasteiger partial charge in [-0.3, -0.25) is 9.59 Å². The van der Waals surface area contributed by atoms with Crippen LogP contribution in [0.3, 0.4) is 0 Å². The number of hydrogen-bond donors (Lipinski definition) is 1. The van der Waals surface area contributed by atoms with E-state index in [0.29, 0.717) is 30.3 Å². The van der Waals surface area contributed by atoms with Crippen molar-refractivity contribution in [2.45, 2.75) is 25.8 Å². The smallest absolute Gasteiger partial charge is 0.260 e. The molecule has 0 radical (unpaired) electrons. The van der Waals surface area contributed by atoms with Crippen LogP contribution in [0.4, 0.5) is 0 Å². The molecule has 2 aromatic heterocycles. The predicted molar refractivity (Wildman–Crippen MR) is 113 cm³/mol. The van der Waals surface area contributed by atoms with Gasteiger partial charge < -0.3 is 19.4 Å². The third-order valence-corrected chi connectivity index (χ3v) is 5.76. The van der Waals surface area contributed by atoms with Gasteiger partial charge in [-0.25, -0.2) is 4.98 Å². The lowest BCUT2D eigenvalue weighted by Gasteiger charge is -2.17. The minimum Gasteiger partial charge on any atom is -0.484 e. The highest BCUT2D eigenvalue weighted by Gasteiger charge is 2.27. The second-order valence-corrected chi connectivity index (χ2v) is 8.08. The molecule has 7 nitrogen and oxygen atoms in total. The first-order valence-corrected chi connectivity index (χ1v) is 10.7. The van der Waals surface area contributed by atoms with Crippen LogP contribution in [0.25, 0.3) is 10.8 Å². The summed E-state index contributed by atoms with van der Waals surface area (Å²) in [4.78, 5) is 31.0. The molecule has 1 atom stereocenters. The molecule has 156 valence electrons. The lowest BCUT2D eigenvalue weighted by atomic mass is 10.2. The average molecular weight is 426 g/mol. The standard InChI is InChI=1S/C22H23N3O4S/c1-15-7-8-19(29-15)22-24-17(14-30-22)11-20(26)23-16-9-10-25(12-16)21(27)13-28-18-5-3-2-4-6-18/h2-8,14,16H,9-13H2,1H3,(H,23,26)/t16-/m1/s1. The molecular formula is C22H23N3O4S. The Bertz CT molecular complexity index is 1010. The van der Waals surface area contributed by atoms with E-state index in [-0.39, 0.29) is 30.9 Å². The van der Waals surface area contributed by atoms with Gasteiger partial charge in [-0.1, -0.05) is 18.2 Å². The summed E-state index contributed by atoms with van der Waals surface area (Å²) >= 11 is 1.46. The molecule has 0 unspecified atom stereocenters. The Morgan fingerprint density at radius 2 is 2.10 bits per heavy atom. The van der Waals surface area contributed by atoms with Crippen molar-refractivity contribution in [2.75, 3.05) is 19.7 Å². The number of carbonyl (C=O) groups is 2. The molecule has 1 N–H and O–H groups in total. The minimum absolute atomic E-state index is 0.00145. The highest BCUT2D eigenvalue weighted by Crippen LogP contribution is 2.25. The molecule has 0 saturated carbocycles. The van der Waals surface area contributed by atoms with E-state index >= 15 is 0 Å². The van der Waals surface area contributed by atoms with Gasteiger partial charge in [0.1, 0.15) is 11.5 Å². The number of aromatic nitrogens is 1. The maximum Gasteiger partial charge on any atom is 0.260 e. The Morgan fingerprint density at radius 3 is 2.87 bits per heavy atom. The van der Waals surface area contributed by atoms with E-state index in [0.717, 1.165) is 17.2 Å². The number of para-hydroxylation sites is 1. The summed E-state index contributed by atoms with van der Waals surface area (Å²) in [7, 11) is 0. The number of aryl methyl sites for hydroxylation is 1. The van der Waals surface area contributed by atoms with E-state index in [1.54, 1.807) is 4.90 Å². The van der Waals surface area contributed by atoms with Gasteiger partial charge in [0.2, 0.25) is 5.91 Å². The summed E-state index contributed by atoms with van der Waals surface area (Å²) in [5, 5.41) is 5.65. The van der Waals surface area contributed by atoms with Crippen molar-refractivity contribution in [1.82, 2.24) is 15.2 Å². The van der Waals surface area contributed by atoms with E-state index in [2.05, 4.69) is 10.3 Å². The van der Waals surface area contributed by atoms with Crippen LogP contribution >= 0.6 is 11.3 Å². The first-order valence-electron chi connectivity index (χ1n) is 9.83. The third-order valence-electron chi connectivity index (χ3n) is 4.86. The highest BCUT2D eigenvalue weighted by molar-refractivity contribution is 7.13. The third kappa shape index (κ3) is 5.07. The van der Waals surface area contributed by atoms with Crippen LogP contribution in [0.2, 0.25) is 0 Å². The van der Waals surface area contributed by atoms with Gasteiger partial charge in [-0.2, -0.15) is 0 Å². The molecule has 0 spiro atoms. The maximum atomic E-state index is 12.4. The Hall–Kier alpha value is -3.13. The second-order valence-electron chi connectivity index (χ2n) is 7.23. The lowest BCUT2D eigenvalue weighted by Crippen LogP contribution is -2.40. The lowest BCUT2D eigenvalue weighted by molar-refractivity contribution is -0.132. The van der Waals surface area contributed by atoms with Crippen molar-refractivity contribution in [2.24, 2.45) is 0 Å². The fraction of sp³-hybridized carbons (Fsp3) is 0.318. The monoisotopic (exact) mass is 425 g/mol. The van der Waals surface area contributed by atoms with Crippen molar-refractivity contribution in [3.63, 3.8) is 0 Å². The van der Waals surface area contributed by atoms with Gasteiger partial charge in [0.15, 0.2) is 17.4 Å². The van der Waals surface area contributed by atoms with E-state index < -0.39 is 0 Å². The number of carbonyl (C=O) groups excluding carboxylic acids is 2. The number of amides is 2. The summed E-state index contributed by atoms with van der Waals surface area (Å²) in [5.74, 6) is 2.04. The molecule has 1 saturated heterocycles. The van der Waals surface area contributed by atoms with Gasteiger partial charge in [-0.15, -0.1) is 11.3 Å². The first-order chi connectivity index (χ1) is 14.6. The van der Waals surface area contributed by atoms with Gasteiger partial charge in [0.25, 0.3) is 5.91 Å². The van der Waals surface area contributed by atoms with Crippen LogP contribution in [0.15, 0.2) is 52.3 Å². The normalized spacial score (nSPS) is 15.9. The van der Waals surface area contributed by atoms with Crippen LogP contribution in [0.5, 0.6) is 5.75 Å². The number of nitrogens with zero attached hydrogens (tertiary/aromatic N) is 2. The molecule has 1 fully saturated rings. The molecule has 1 aliphatic heterocycles. The van der Waals surface area contributed by atoms with Crippen molar-refractivity contribution in [1.29, 1.82) is 0 Å². The van der Waals surface area contributed by atoms with Gasteiger partial charge >= 0.3 is 0 Å². The number of likely N-dealkylation sites (tertiary alicyclic amines) is 1. The van der Waals surface area contributed by atoms with Gasteiger partial charge in [0.05, 0.1) is 12.1 Å². The largest absolute Gasteiger partial charge is 0.484 e. The topological polar surface area (TPSA) is 84.7 Å². The molecule has 0 aliphatic carbocycles. The van der Waals surface area contributed by atoms with Gasteiger partial charge in [-0.05, 0) is 37.6 Å². The molecule has 1 aliphatic rings. The van der Waals surface area contributed by atoms with Crippen molar-refractivity contribution in [3.05, 3.63) is 59.3 Å². The molecule has 8 heteroatoms. The maximum absolute atomic E-state index is 12.4. The minimum atomic E-state index is -0.0951. The number of thiazole rings is 1. The van der Waals surface area contributed by atoms with Crippen LogP contribution < -0.4 is 10.1 Å². The zero-order valence-corrected chi connectivity index (χ0v) is 17.5. The quantitative estimate of drug-likeness (QED) is 0.629. The molecule has 30 heavy (non-hydrogen) atoms. The number of hydrogen-bond acceptors (Lipinski definition) is 6. The number of benzene rings is 1. The summed E-state index contributed by atoms with van der Waals surface area (Å²) in [6, 6.07) is 13.0. The average Bonchev–Trinajstić information content (AvgIpc) is 3.48. The molecule has 3 heterocycles. The van der Waals surface area contributed by atoms with Gasteiger partial charge in [0, 0.05) is 24.5 Å². The van der Waals surface area contributed by atoms with Crippen molar-refractivity contribution in [3.8, 4) is 16.5 Å². The van der Waals surface area contributed by atoms with Crippen molar-refractivity contribution < 1.29 is 18.7 Å². The Balaban J connectivity index is 1.23. The van der Waals surface area contributed by atoms with Crippen molar-refractivity contribution >= 4 is 23.2 Å². The summed E-state index contributed by atoms with van der Waals surface area (Å²) in [5.41, 5.74) is 0.712. The number of rotatable bonds is 7. The fourth-order valence-corrected chi connectivity index (χ4v) is 4.13. The first kappa shape index (κ1) is 20.2. The summed E-state index contributed by atoms with van der Waals surface area (Å²) in [6.45, 7) is 2.99. The zero-order valence-electron chi connectivity index (χ0n) is 16.7. The Morgan fingerprint density at radius 1 is 1.27 bits per heavy atom. The predicted octanol–water partition coefficient (Wildman–Crippen LogP) is 3.05. The van der Waals surface area contributed by atoms with E-state index in [9.17, 15) is 9.59 Å². The summed E-state index contributed by atoms with van der Waals surface area (Å²) < 4.78 is 11.1. The molecule has 1 aromatic carbocycles. The fourth-order valence-electron chi connectivity index (χ4n) is 3.35. The number of nitrogens with one attached hydrogen (secondary N) is 1. The molecule has 4 rings (SSSR count). The van der Waals surface area contributed by atoms with E-state index in [1.165, 1.54) is 11.3 Å². The second kappa shape index (κ2) is 9.13. The van der Waals surface area contributed by atoms with E-state index in [4.69, 9.17) is 9.15 Å². The van der Waals surface area contributed by atoms with Crippen LogP contribution in [-0.2, 0) is 16.0 Å². The highest BCUT2D eigenvalue weighted by atomic mass is 32.1. The summed E-state index contributed by atoms with van der Waals surface area (Å²) in [6.07, 6.45) is 0.939. The van der Waals surface area contributed by atoms with E-state index in [1.807, 2.05) is 54.8 Å². The number of ether oxygens (including phenoxy) is 1. The molecular weight excluding hydrogens is 402 g/mol. The van der Waals surface area contributed by atoms with Crippen LogP contribution in [0.1, 0.15) is 17.9 Å². The molecule has 3 aromatic rings. The van der Waals surface area contributed by atoms with Crippen LogP contribution in [-0.4, -0.2) is 47.4 Å². The Labute approximate surface area is 178 Å². The zero-order chi connectivity index (χ0) is 20.9.